The lowest BCUT2D eigenvalue weighted by atomic mass is 9.52. The lowest BCUT2D eigenvalue weighted by molar-refractivity contribution is -0.0777. The van der Waals surface area contributed by atoms with Gasteiger partial charge in [0.2, 0.25) is 0 Å². The number of allylic oxidation sites excluding steroid dienone is 1. The van der Waals surface area contributed by atoms with Crippen molar-refractivity contribution in [3.8, 4) is 0 Å². The molecule has 0 aromatic heterocycles. The number of nitrogens with zero attached hydrogens (tertiary/aromatic N) is 1. The summed E-state index contributed by atoms with van der Waals surface area (Å²) < 4.78 is 7.10. The van der Waals surface area contributed by atoms with E-state index >= 15 is 0 Å². The van der Waals surface area contributed by atoms with E-state index in [1.807, 2.05) is 5.57 Å². The molecule has 5 fully saturated rings. The first-order valence-corrected chi connectivity index (χ1v) is 14.1. The summed E-state index contributed by atoms with van der Waals surface area (Å²) in [6.07, 6.45) is 12.8. The summed E-state index contributed by atoms with van der Waals surface area (Å²) in [5, 5.41) is 3.81. The maximum absolute atomic E-state index is 7.10. The number of nitrogens with one attached hydrogen (secondary N) is 1. The van der Waals surface area contributed by atoms with Gasteiger partial charge in [-0.3, -0.25) is 10.3 Å². The van der Waals surface area contributed by atoms with Gasteiger partial charge in [-0.25, -0.2) is 0 Å². The third-order valence-corrected chi connectivity index (χ3v) is 12.1. The SMILES string of the molecule is C=N[C@@]12NC[C@@H](C)C[C@H]1O[C@]1(CC[C@@H]3C(=C(C)C1)C[C@H]1[C@H]3CC[C@@H]3C[C@H](N)CC[C@@]31C)[C@@H]2C. The molecular weight excluding hydrogens is 406 g/mol. The van der Waals surface area contributed by atoms with Crippen LogP contribution in [-0.2, 0) is 4.74 Å². The van der Waals surface area contributed by atoms with Crippen LogP contribution in [0, 0.1) is 40.9 Å². The average Bonchev–Trinajstić information content (AvgIpc) is 3.23. The summed E-state index contributed by atoms with van der Waals surface area (Å²) in [6, 6.07) is 0.443. The fourth-order valence-corrected chi connectivity index (χ4v) is 10.1. The van der Waals surface area contributed by atoms with Gasteiger partial charge in [-0.2, -0.15) is 0 Å². The Bertz CT molecular complexity index is 854. The Morgan fingerprint density at radius 3 is 2.73 bits per heavy atom. The lowest BCUT2D eigenvalue weighted by Crippen LogP contribution is -2.59. The number of ether oxygens (including phenoxy) is 1. The van der Waals surface area contributed by atoms with Crippen molar-refractivity contribution in [3.05, 3.63) is 11.1 Å². The Morgan fingerprint density at radius 1 is 1.12 bits per heavy atom. The molecule has 4 heteroatoms. The molecule has 3 N–H and O–H groups in total. The van der Waals surface area contributed by atoms with Crippen LogP contribution in [0.15, 0.2) is 16.1 Å². The normalized spacial score (nSPS) is 56.0. The predicted molar refractivity (Wildman–Crippen MR) is 135 cm³/mol. The molecule has 4 aliphatic carbocycles. The predicted octanol–water partition coefficient (Wildman–Crippen LogP) is 5.47. The van der Waals surface area contributed by atoms with Crippen LogP contribution in [-0.4, -0.2) is 36.7 Å². The Morgan fingerprint density at radius 2 is 1.94 bits per heavy atom. The summed E-state index contributed by atoms with van der Waals surface area (Å²) in [5.41, 5.74) is 10.0. The van der Waals surface area contributed by atoms with Crippen molar-refractivity contribution < 1.29 is 4.74 Å². The molecule has 2 saturated heterocycles. The first kappa shape index (κ1) is 22.7. The number of hydrogen-bond acceptors (Lipinski definition) is 4. The molecular formula is C29H47N3O. The van der Waals surface area contributed by atoms with Crippen LogP contribution in [0.1, 0.15) is 91.9 Å². The van der Waals surface area contributed by atoms with Crippen molar-refractivity contribution in [2.75, 3.05) is 6.54 Å². The molecule has 6 aliphatic rings. The van der Waals surface area contributed by atoms with E-state index in [0.717, 1.165) is 43.1 Å². The van der Waals surface area contributed by atoms with Crippen LogP contribution >= 0.6 is 0 Å². The van der Waals surface area contributed by atoms with Crippen LogP contribution in [0.2, 0.25) is 0 Å². The third kappa shape index (κ3) is 3.08. The van der Waals surface area contributed by atoms with Gasteiger partial charge < -0.3 is 10.5 Å². The summed E-state index contributed by atoms with van der Waals surface area (Å²) in [6.45, 7) is 14.9. The molecule has 2 heterocycles. The van der Waals surface area contributed by atoms with E-state index in [0.29, 0.717) is 23.3 Å². The van der Waals surface area contributed by atoms with E-state index in [4.69, 9.17) is 15.5 Å². The molecule has 0 aromatic rings. The molecule has 6 rings (SSSR count). The topological polar surface area (TPSA) is 59.6 Å². The third-order valence-electron chi connectivity index (χ3n) is 12.1. The van der Waals surface area contributed by atoms with Crippen LogP contribution in [0.4, 0.5) is 0 Å². The molecule has 0 aromatic carbocycles. The van der Waals surface area contributed by atoms with Crippen molar-refractivity contribution in [2.24, 2.45) is 51.6 Å². The van der Waals surface area contributed by atoms with Gasteiger partial charge in [-0.1, -0.05) is 31.9 Å². The molecule has 0 radical (unpaired) electrons. The minimum Gasteiger partial charge on any atom is -0.367 e. The van der Waals surface area contributed by atoms with Gasteiger partial charge in [0.25, 0.3) is 0 Å². The van der Waals surface area contributed by atoms with Crippen LogP contribution in [0.25, 0.3) is 0 Å². The Kier molecular flexibility index (Phi) is 5.27. The standard InChI is InChI=1S/C29H47N3O/c1-17-12-26-29(31-5,32-16-17)19(3)28(33-26)11-9-22-23-7-6-20-13-21(30)8-10-27(20,4)25(23)14-24(22)18(2)15-28/h17,19-23,25-26,32H,5-16,30H2,1-4H3/t17-,19-,20+,21+,22-,23-,25-,26+,27-,28-,29-/m0/s1. The Balaban J connectivity index is 1.30. The second-order valence-electron chi connectivity index (χ2n) is 13.5. The molecule has 0 unspecified atom stereocenters. The van der Waals surface area contributed by atoms with Crippen molar-refractivity contribution in [2.45, 2.75) is 115 Å². The minimum absolute atomic E-state index is 0.0848. The zero-order chi connectivity index (χ0) is 23.2. The van der Waals surface area contributed by atoms with E-state index in [2.05, 4.69) is 39.7 Å². The molecule has 3 saturated carbocycles. The van der Waals surface area contributed by atoms with Gasteiger partial charge >= 0.3 is 0 Å². The van der Waals surface area contributed by atoms with Gasteiger partial charge in [0, 0.05) is 18.5 Å². The molecule has 1 spiro atoms. The van der Waals surface area contributed by atoms with Crippen molar-refractivity contribution in [1.82, 2.24) is 5.32 Å². The molecule has 11 atom stereocenters. The highest BCUT2D eigenvalue weighted by Crippen LogP contribution is 2.65. The summed E-state index contributed by atoms with van der Waals surface area (Å²) in [4.78, 5) is 4.75. The maximum Gasteiger partial charge on any atom is 0.141 e. The fraction of sp³-hybridized carbons (Fsp3) is 0.897. The van der Waals surface area contributed by atoms with Gasteiger partial charge in [-0.15, -0.1) is 0 Å². The molecule has 33 heavy (non-hydrogen) atoms. The second kappa shape index (κ2) is 7.64. The van der Waals surface area contributed by atoms with Crippen molar-refractivity contribution in [3.63, 3.8) is 0 Å². The van der Waals surface area contributed by atoms with Gasteiger partial charge in [-0.05, 0) is 113 Å². The molecule has 184 valence electrons. The molecule has 0 amide bonds. The zero-order valence-corrected chi connectivity index (χ0v) is 21.5. The smallest absolute Gasteiger partial charge is 0.141 e. The van der Waals surface area contributed by atoms with E-state index in [1.54, 1.807) is 5.57 Å². The summed E-state index contributed by atoms with van der Waals surface area (Å²) in [7, 11) is 0. The average molecular weight is 454 g/mol. The number of hydrogen-bond donors (Lipinski definition) is 2. The fourth-order valence-electron chi connectivity index (χ4n) is 10.1. The second-order valence-corrected chi connectivity index (χ2v) is 13.5. The highest BCUT2D eigenvalue weighted by molar-refractivity contribution is 5.33. The largest absolute Gasteiger partial charge is 0.367 e. The van der Waals surface area contributed by atoms with Crippen molar-refractivity contribution in [1.29, 1.82) is 0 Å². The Hall–Kier alpha value is -0.710. The highest BCUT2D eigenvalue weighted by Gasteiger charge is 2.64. The van der Waals surface area contributed by atoms with Crippen LogP contribution in [0.5, 0.6) is 0 Å². The maximum atomic E-state index is 7.10. The molecule has 0 bridgehead atoms. The van der Waals surface area contributed by atoms with Gasteiger partial charge in [0.1, 0.15) is 5.66 Å². The van der Waals surface area contributed by atoms with Crippen LogP contribution in [0.3, 0.4) is 0 Å². The number of nitrogens with two attached hydrogens (primary N) is 1. The number of rotatable bonds is 1. The zero-order valence-electron chi connectivity index (χ0n) is 21.5. The van der Waals surface area contributed by atoms with E-state index in [9.17, 15) is 0 Å². The molecule has 2 aliphatic heterocycles. The van der Waals surface area contributed by atoms with E-state index in [1.165, 1.54) is 51.4 Å². The van der Waals surface area contributed by atoms with Crippen LogP contribution < -0.4 is 11.1 Å². The minimum atomic E-state index is -0.300. The first-order chi connectivity index (χ1) is 15.7. The number of piperidine rings is 1. The van der Waals surface area contributed by atoms with Gasteiger partial charge in [0.05, 0.1) is 11.7 Å². The first-order valence-electron chi connectivity index (χ1n) is 14.1. The lowest BCUT2D eigenvalue weighted by Gasteiger charge is -2.54. The number of aliphatic imine (C=N–C) groups is 1. The highest BCUT2D eigenvalue weighted by atomic mass is 16.5. The summed E-state index contributed by atoms with van der Waals surface area (Å²) >= 11 is 0. The number of fused-ring (bicyclic) bond motifs is 6. The van der Waals surface area contributed by atoms with Crippen molar-refractivity contribution >= 4 is 6.72 Å². The Labute approximate surface area is 201 Å². The van der Waals surface area contributed by atoms with E-state index in [-0.39, 0.29) is 17.4 Å². The molecule has 4 nitrogen and oxygen atoms in total. The summed E-state index contributed by atoms with van der Waals surface area (Å²) in [5.74, 6) is 4.38. The monoisotopic (exact) mass is 453 g/mol. The van der Waals surface area contributed by atoms with Gasteiger partial charge in [0.15, 0.2) is 0 Å². The van der Waals surface area contributed by atoms with E-state index < -0.39 is 0 Å². The quantitative estimate of drug-likeness (QED) is 0.409.